The zero-order valence-electron chi connectivity index (χ0n) is 13.0. The van der Waals surface area contributed by atoms with Gasteiger partial charge in [0.15, 0.2) is 0 Å². The molecule has 3 nitrogen and oxygen atoms in total. The fourth-order valence-corrected chi connectivity index (χ4v) is 6.37. The van der Waals surface area contributed by atoms with Gasteiger partial charge in [-0.2, -0.15) is 0 Å². The Morgan fingerprint density at radius 3 is 2.50 bits per heavy atom. The average Bonchev–Trinajstić information content (AvgIpc) is 2.55. The molecule has 0 aromatic heterocycles. The lowest BCUT2D eigenvalue weighted by Crippen LogP contribution is -2.36. The fourth-order valence-electron chi connectivity index (χ4n) is 3.47. The van der Waals surface area contributed by atoms with Gasteiger partial charge in [-0.15, -0.1) is 0 Å². The van der Waals surface area contributed by atoms with Crippen LogP contribution >= 0.6 is 7.37 Å². The van der Waals surface area contributed by atoms with Gasteiger partial charge in [0, 0.05) is 5.30 Å². The molecule has 1 fully saturated rings. The minimum Gasteiger partial charge on any atom is -0.379 e. The summed E-state index contributed by atoms with van der Waals surface area (Å²) in [6, 6.07) is 13.6. The van der Waals surface area contributed by atoms with Crippen molar-refractivity contribution >= 4 is 23.4 Å². The van der Waals surface area contributed by atoms with E-state index in [1.807, 2.05) is 49.4 Å². The summed E-state index contributed by atoms with van der Waals surface area (Å²) in [4.78, 5) is 0. The van der Waals surface area contributed by atoms with E-state index in [1.165, 1.54) is 0 Å². The van der Waals surface area contributed by atoms with Gasteiger partial charge in [-0.25, -0.2) is 0 Å². The Kier molecular flexibility index (Phi) is 4.40. The summed E-state index contributed by atoms with van der Waals surface area (Å²) in [6.45, 7) is 2.17. The summed E-state index contributed by atoms with van der Waals surface area (Å²) in [7, 11) is -3.35. The highest BCUT2D eigenvalue weighted by Gasteiger charge is 2.50. The maximum Gasteiger partial charge on any atom is 0.263 e. The van der Waals surface area contributed by atoms with Gasteiger partial charge in [-0.3, -0.25) is 4.57 Å². The van der Waals surface area contributed by atoms with Gasteiger partial charge >= 0.3 is 0 Å². The normalized spacial score (nSPS) is 20.6. The monoisotopic (exact) mass is 318 g/mol. The minimum absolute atomic E-state index is 0.336. The lowest BCUT2D eigenvalue weighted by Gasteiger charge is -2.38. The number of hydrogen-bond acceptors (Lipinski definition) is 3. The van der Waals surface area contributed by atoms with Gasteiger partial charge in [0.05, 0.1) is 6.61 Å². The second-order valence-electron chi connectivity index (χ2n) is 6.01. The van der Waals surface area contributed by atoms with E-state index in [4.69, 9.17) is 4.52 Å². The standard InChI is InChI=1S/C18H23O3P/c1-2-21-22(20,18(19)13-6-3-7-14-18)17-12-8-10-15-9-4-5-11-16(15)17/h4-5,8-12,19H,2-3,6-7,13-14H2,1H3/t22-/m0/s1. The molecule has 1 aliphatic rings. The van der Waals surface area contributed by atoms with E-state index in [9.17, 15) is 9.67 Å². The first-order valence-corrected chi connectivity index (χ1v) is 9.68. The zero-order chi connectivity index (χ0) is 15.6. The van der Waals surface area contributed by atoms with E-state index in [2.05, 4.69) is 0 Å². The lowest BCUT2D eigenvalue weighted by molar-refractivity contribution is 0.0664. The molecule has 1 N–H and O–H groups in total. The number of aliphatic hydroxyl groups is 1. The Morgan fingerprint density at radius 2 is 1.77 bits per heavy atom. The van der Waals surface area contributed by atoms with Crippen LogP contribution in [0.25, 0.3) is 10.8 Å². The van der Waals surface area contributed by atoms with Crippen molar-refractivity contribution < 1.29 is 14.2 Å². The summed E-state index contributed by atoms with van der Waals surface area (Å²) in [6.07, 6.45) is 3.99. The summed E-state index contributed by atoms with van der Waals surface area (Å²) in [5.74, 6) is 0. The molecule has 1 aliphatic carbocycles. The van der Waals surface area contributed by atoms with Crippen molar-refractivity contribution in [3.63, 3.8) is 0 Å². The maximum absolute atomic E-state index is 13.8. The predicted octanol–water partition coefficient (Wildman–Crippen LogP) is 4.43. The molecular weight excluding hydrogens is 295 g/mol. The topological polar surface area (TPSA) is 46.5 Å². The molecule has 1 atom stereocenters. The predicted molar refractivity (Wildman–Crippen MR) is 90.8 cm³/mol. The Balaban J connectivity index is 2.19. The van der Waals surface area contributed by atoms with Gasteiger partial charge in [0.25, 0.3) is 7.37 Å². The molecule has 0 heterocycles. The Morgan fingerprint density at radius 1 is 1.09 bits per heavy atom. The molecule has 22 heavy (non-hydrogen) atoms. The first kappa shape index (κ1) is 15.7. The van der Waals surface area contributed by atoms with Crippen LogP contribution in [0.2, 0.25) is 0 Å². The van der Waals surface area contributed by atoms with Crippen molar-refractivity contribution in [1.82, 2.24) is 0 Å². The SMILES string of the molecule is CCO[P@@](=O)(c1cccc2ccccc12)C1(O)CCCCC1. The molecular formula is C18H23O3P. The third-order valence-electron chi connectivity index (χ3n) is 4.60. The summed E-state index contributed by atoms with van der Waals surface area (Å²) >= 11 is 0. The van der Waals surface area contributed by atoms with Crippen LogP contribution in [0.4, 0.5) is 0 Å². The summed E-state index contributed by atoms with van der Waals surface area (Å²) in [5.41, 5.74) is 0. The van der Waals surface area contributed by atoms with Crippen molar-refractivity contribution in [3.05, 3.63) is 42.5 Å². The highest BCUT2D eigenvalue weighted by Crippen LogP contribution is 2.62. The van der Waals surface area contributed by atoms with Gasteiger partial charge in [-0.1, -0.05) is 42.8 Å². The maximum atomic E-state index is 13.8. The third-order valence-corrected chi connectivity index (χ3v) is 7.79. The Bertz CT molecular complexity index is 699. The van der Waals surface area contributed by atoms with Crippen LogP contribution in [0.3, 0.4) is 0 Å². The van der Waals surface area contributed by atoms with Gasteiger partial charge in [-0.05, 0) is 49.4 Å². The first-order chi connectivity index (χ1) is 10.6. The van der Waals surface area contributed by atoms with E-state index in [-0.39, 0.29) is 0 Å². The molecule has 0 spiro atoms. The van der Waals surface area contributed by atoms with E-state index in [0.29, 0.717) is 24.8 Å². The largest absolute Gasteiger partial charge is 0.379 e. The van der Waals surface area contributed by atoms with Crippen molar-refractivity contribution in [2.45, 2.75) is 44.4 Å². The second-order valence-corrected chi connectivity index (χ2v) is 8.69. The van der Waals surface area contributed by atoms with Crippen molar-refractivity contribution in [2.24, 2.45) is 0 Å². The van der Waals surface area contributed by atoms with Crippen LogP contribution in [-0.2, 0) is 9.09 Å². The Labute approximate surface area is 131 Å². The molecule has 0 unspecified atom stereocenters. The molecule has 0 amide bonds. The molecule has 3 rings (SSSR count). The highest BCUT2D eigenvalue weighted by molar-refractivity contribution is 7.68. The number of hydrogen-bond donors (Lipinski definition) is 1. The number of benzene rings is 2. The average molecular weight is 318 g/mol. The third kappa shape index (κ3) is 2.52. The summed E-state index contributed by atoms with van der Waals surface area (Å²) < 4.78 is 19.6. The molecule has 0 radical (unpaired) electrons. The highest BCUT2D eigenvalue weighted by atomic mass is 31.2. The van der Waals surface area contributed by atoms with Crippen LogP contribution in [0.15, 0.2) is 42.5 Å². The lowest BCUT2D eigenvalue weighted by atomic mass is 9.97. The minimum atomic E-state index is -3.35. The van der Waals surface area contributed by atoms with Crippen molar-refractivity contribution in [1.29, 1.82) is 0 Å². The van der Waals surface area contributed by atoms with Crippen LogP contribution in [-0.4, -0.2) is 17.1 Å². The second kappa shape index (κ2) is 6.16. The van der Waals surface area contributed by atoms with Crippen LogP contribution in [0.5, 0.6) is 0 Å². The fraction of sp³-hybridized carbons (Fsp3) is 0.444. The van der Waals surface area contributed by atoms with Gasteiger partial charge in [0.1, 0.15) is 5.34 Å². The van der Waals surface area contributed by atoms with E-state index >= 15 is 0 Å². The molecule has 1 saturated carbocycles. The molecule has 4 heteroatoms. The van der Waals surface area contributed by atoms with E-state index in [0.717, 1.165) is 30.0 Å². The van der Waals surface area contributed by atoms with Crippen LogP contribution < -0.4 is 5.30 Å². The molecule has 2 aromatic rings. The van der Waals surface area contributed by atoms with E-state index < -0.39 is 12.7 Å². The van der Waals surface area contributed by atoms with Crippen LogP contribution in [0.1, 0.15) is 39.0 Å². The smallest absolute Gasteiger partial charge is 0.263 e. The number of rotatable bonds is 4. The van der Waals surface area contributed by atoms with Gasteiger partial charge < -0.3 is 9.63 Å². The zero-order valence-corrected chi connectivity index (χ0v) is 13.9. The van der Waals surface area contributed by atoms with Crippen LogP contribution in [0, 0.1) is 0 Å². The Hall–Kier alpha value is -1.15. The first-order valence-electron chi connectivity index (χ1n) is 8.06. The summed E-state index contributed by atoms with van der Waals surface area (Å²) in [5, 5.41) is 12.5. The molecule has 118 valence electrons. The molecule has 0 bridgehead atoms. The number of fused-ring (bicyclic) bond motifs is 1. The van der Waals surface area contributed by atoms with Gasteiger partial charge in [0.2, 0.25) is 0 Å². The molecule has 0 saturated heterocycles. The molecule has 2 aromatic carbocycles. The quantitative estimate of drug-likeness (QED) is 0.848. The van der Waals surface area contributed by atoms with Crippen molar-refractivity contribution in [2.75, 3.05) is 6.61 Å². The van der Waals surface area contributed by atoms with Crippen molar-refractivity contribution in [3.8, 4) is 0 Å². The van der Waals surface area contributed by atoms with E-state index in [1.54, 1.807) is 0 Å². The molecule has 0 aliphatic heterocycles.